The minimum absolute atomic E-state index is 0.233. The third-order valence-corrected chi connectivity index (χ3v) is 6.97. The van der Waals surface area contributed by atoms with Crippen molar-refractivity contribution in [2.45, 2.75) is 43.2 Å². The molecule has 0 amide bonds. The van der Waals surface area contributed by atoms with Crippen molar-refractivity contribution in [2.24, 2.45) is 11.8 Å². The van der Waals surface area contributed by atoms with E-state index in [2.05, 4.69) is 11.6 Å². The monoisotopic (exact) mass is 312 g/mol. The number of nitrogens with zero attached hydrogens (tertiary/aromatic N) is 1. The molecule has 0 aromatic carbocycles. The van der Waals surface area contributed by atoms with Crippen molar-refractivity contribution in [1.29, 1.82) is 5.26 Å². The first-order chi connectivity index (χ1) is 9.55. The first kappa shape index (κ1) is 15.5. The van der Waals surface area contributed by atoms with Crippen LogP contribution in [0.5, 0.6) is 0 Å². The van der Waals surface area contributed by atoms with E-state index < -0.39 is 10.0 Å². The predicted molar refractivity (Wildman–Crippen MR) is 80.0 cm³/mol. The molecule has 110 valence electrons. The second-order valence-electron chi connectivity index (χ2n) is 5.38. The van der Waals surface area contributed by atoms with Gasteiger partial charge in [0.05, 0.1) is 0 Å². The maximum absolute atomic E-state index is 12.1. The summed E-state index contributed by atoms with van der Waals surface area (Å²) in [6.45, 7) is 2.73. The highest BCUT2D eigenvalue weighted by Crippen LogP contribution is 2.30. The van der Waals surface area contributed by atoms with Crippen LogP contribution in [0.1, 0.15) is 43.9 Å². The molecule has 1 N–H and O–H groups in total. The molecular weight excluding hydrogens is 292 g/mol. The van der Waals surface area contributed by atoms with Crippen LogP contribution in [-0.2, 0) is 10.0 Å². The van der Waals surface area contributed by atoms with Gasteiger partial charge in [0.1, 0.15) is 15.2 Å². The normalized spacial score (nSPS) is 23.4. The molecule has 0 saturated heterocycles. The molecule has 0 unspecified atom stereocenters. The fourth-order valence-corrected chi connectivity index (χ4v) is 4.93. The molecule has 1 aliphatic carbocycles. The van der Waals surface area contributed by atoms with Crippen molar-refractivity contribution < 1.29 is 8.42 Å². The predicted octanol–water partition coefficient (Wildman–Crippen LogP) is 3.11. The van der Waals surface area contributed by atoms with Crippen molar-refractivity contribution >= 4 is 21.4 Å². The van der Waals surface area contributed by atoms with Crippen molar-refractivity contribution in [3.63, 3.8) is 0 Å². The fraction of sp³-hybridized carbons (Fsp3) is 0.643. The topological polar surface area (TPSA) is 70.0 Å². The van der Waals surface area contributed by atoms with E-state index in [1.165, 1.54) is 25.3 Å². The molecule has 1 aromatic heterocycles. The summed E-state index contributed by atoms with van der Waals surface area (Å²) in [5, 5.41) is 8.74. The number of rotatable bonds is 5. The Morgan fingerprint density at radius 3 is 2.50 bits per heavy atom. The van der Waals surface area contributed by atoms with E-state index in [1.807, 2.05) is 6.07 Å². The molecule has 0 bridgehead atoms. The lowest BCUT2D eigenvalue weighted by Crippen LogP contribution is -2.30. The maximum atomic E-state index is 12.1. The van der Waals surface area contributed by atoms with Gasteiger partial charge in [0.15, 0.2) is 0 Å². The molecule has 6 heteroatoms. The van der Waals surface area contributed by atoms with Crippen LogP contribution in [0, 0.1) is 23.2 Å². The van der Waals surface area contributed by atoms with Crippen molar-refractivity contribution in [3.05, 3.63) is 17.0 Å². The smallest absolute Gasteiger partial charge is 0.210 e. The zero-order valence-corrected chi connectivity index (χ0v) is 13.3. The Morgan fingerprint density at radius 1 is 1.30 bits per heavy atom. The van der Waals surface area contributed by atoms with E-state index in [1.54, 1.807) is 6.07 Å². The van der Waals surface area contributed by atoms with Gasteiger partial charge in [0.25, 0.3) is 0 Å². The summed E-state index contributed by atoms with van der Waals surface area (Å²) in [4.78, 5) is 0.425. The molecule has 0 spiro atoms. The van der Waals surface area contributed by atoms with Crippen LogP contribution in [0.3, 0.4) is 0 Å². The zero-order valence-electron chi connectivity index (χ0n) is 11.6. The Kier molecular flexibility index (Phi) is 5.19. The summed E-state index contributed by atoms with van der Waals surface area (Å²) in [5.41, 5.74) is 0. The molecule has 4 nitrogen and oxygen atoms in total. The number of nitriles is 1. The standard InChI is InChI=1S/C14H20N2O2S2/c1-2-11-3-5-12(6-4-11)10-16-20(17,18)14-8-7-13(9-15)19-14/h7-8,11-12,16H,2-6,10H2,1H3. The van der Waals surface area contributed by atoms with Gasteiger partial charge in [-0.2, -0.15) is 5.26 Å². The molecule has 0 atom stereocenters. The lowest BCUT2D eigenvalue weighted by atomic mass is 9.81. The highest BCUT2D eigenvalue weighted by Gasteiger charge is 2.23. The molecule has 2 rings (SSSR count). The lowest BCUT2D eigenvalue weighted by molar-refractivity contribution is 0.270. The summed E-state index contributed by atoms with van der Waals surface area (Å²) in [6.07, 6.45) is 5.86. The van der Waals surface area contributed by atoms with Gasteiger partial charge < -0.3 is 0 Å². The van der Waals surface area contributed by atoms with Crippen LogP contribution in [-0.4, -0.2) is 15.0 Å². The summed E-state index contributed by atoms with van der Waals surface area (Å²) >= 11 is 1.02. The van der Waals surface area contributed by atoms with Gasteiger partial charge >= 0.3 is 0 Å². The highest BCUT2D eigenvalue weighted by atomic mass is 32.2. The molecule has 1 aliphatic rings. The van der Waals surface area contributed by atoms with Gasteiger partial charge in [-0.1, -0.05) is 26.2 Å². The van der Waals surface area contributed by atoms with Crippen LogP contribution in [0.15, 0.2) is 16.3 Å². The van der Waals surface area contributed by atoms with E-state index in [4.69, 9.17) is 5.26 Å². The van der Waals surface area contributed by atoms with Crippen molar-refractivity contribution in [3.8, 4) is 6.07 Å². The average Bonchev–Trinajstić information content (AvgIpc) is 2.95. The van der Waals surface area contributed by atoms with Crippen LogP contribution in [0.25, 0.3) is 0 Å². The van der Waals surface area contributed by atoms with Crippen LogP contribution >= 0.6 is 11.3 Å². The first-order valence-electron chi connectivity index (χ1n) is 7.04. The van der Waals surface area contributed by atoms with Crippen molar-refractivity contribution in [2.75, 3.05) is 6.54 Å². The number of thiophene rings is 1. The molecule has 0 radical (unpaired) electrons. The number of sulfonamides is 1. The summed E-state index contributed by atoms with van der Waals surface area (Å²) in [6, 6.07) is 5.01. The average molecular weight is 312 g/mol. The maximum Gasteiger partial charge on any atom is 0.250 e. The summed E-state index contributed by atoms with van der Waals surface area (Å²) in [7, 11) is -3.45. The van der Waals surface area contributed by atoms with E-state index in [9.17, 15) is 8.42 Å². The summed E-state index contributed by atoms with van der Waals surface area (Å²) in [5.74, 6) is 1.27. The van der Waals surface area contributed by atoms with E-state index in [0.29, 0.717) is 17.3 Å². The Balaban J connectivity index is 1.89. The van der Waals surface area contributed by atoms with E-state index >= 15 is 0 Å². The minimum atomic E-state index is -3.45. The second-order valence-corrected chi connectivity index (χ2v) is 8.45. The lowest BCUT2D eigenvalue weighted by Gasteiger charge is -2.27. The second kappa shape index (κ2) is 6.70. The number of hydrogen-bond acceptors (Lipinski definition) is 4. The minimum Gasteiger partial charge on any atom is -0.210 e. The van der Waals surface area contributed by atoms with Gasteiger partial charge in [-0.3, -0.25) is 0 Å². The molecule has 1 fully saturated rings. The quantitative estimate of drug-likeness (QED) is 0.908. The van der Waals surface area contributed by atoms with Gasteiger partial charge in [0, 0.05) is 6.54 Å². The Labute approximate surface area is 124 Å². The third-order valence-electron chi connectivity index (χ3n) is 4.06. The van der Waals surface area contributed by atoms with Gasteiger partial charge in [0.2, 0.25) is 10.0 Å². The zero-order chi connectivity index (χ0) is 14.6. The Morgan fingerprint density at radius 2 is 1.95 bits per heavy atom. The molecule has 1 aromatic rings. The molecule has 0 aliphatic heterocycles. The Hall–Kier alpha value is -0.900. The molecule has 20 heavy (non-hydrogen) atoms. The molecular formula is C14H20N2O2S2. The SMILES string of the molecule is CCC1CCC(CNS(=O)(=O)c2ccc(C#N)s2)CC1. The molecule has 1 saturated carbocycles. The van der Waals surface area contributed by atoms with Gasteiger partial charge in [-0.05, 0) is 36.8 Å². The number of nitrogens with one attached hydrogen (secondary N) is 1. The third kappa shape index (κ3) is 3.81. The van der Waals surface area contributed by atoms with Gasteiger partial charge in [-0.15, -0.1) is 11.3 Å². The van der Waals surface area contributed by atoms with Crippen LogP contribution in [0.2, 0.25) is 0 Å². The van der Waals surface area contributed by atoms with Crippen LogP contribution < -0.4 is 4.72 Å². The van der Waals surface area contributed by atoms with E-state index in [-0.39, 0.29) is 4.21 Å². The van der Waals surface area contributed by atoms with Gasteiger partial charge in [-0.25, -0.2) is 13.1 Å². The largest absolute Gasteiger partial charge is 0.250 e. The fourth-order valence-electron chi connectivity index (χ4n) is 2.67. The molecule has 1 heterocycles. The summed E-state index contributed by atoms with van der Waals surface area (Å²) < 4.78 is 27.2. The Bertz CT molecular complexity index is 579. The highest BCUT2D eigenvalue weighted by molar-refractivity contribution is 7.91. The van der Waals surface area contributed by atoms with E-state index in [0.717, 1.165) is 30.1 Å². The first-order valence-corrected chi connectivity index (χ1v) is 9.34. The number of hydrogen-bond donors (Lipinski definition) is 1. The van der Waals surface area contributed by atoms with Crippen molar-refractivity contribution in [1.82, 2.24) is 4.72 Å². The van der Waals surface area contributed by atoms with Crippen LogP contribution in [0.4, 0.5) is 0 Å².